The van der Waals surface area contributed by atoms with Gasteiger partial charge < -0.3 is 35.7 Å². The van der Waals surface area contributed by atoms with Crippen molar-refractivity contribution in [3.05, 3.63) is 78.5 Å². The molecule has 0 radical (unpaired) electrons. The summed E-state index contributed by atoms with van der Waals surface area (Å²) in [5, 5.41) is 10.5. The van der Waals surface area contributed by atoms with Crippen molar-refractivity contribution in [2.24, 2.45) is 0 Å². The Kier molecular flexibility index (Phi) is 9.42. The van der Waals surface area contributed by atoms with Crippen LogP contribution in [0.1, 0.15) is 12.5 Å². The summed E-state index contributed by atoms with van der Waals surface area (Å²) in [5.74, 6) is 0.979. The van der Waals surface area contributed by atoms with Gasteiger partial charge in [0.25, 0.3) is 5.82 Å². The lowest BCUT2D eigenvalue weighted by Crippen LogP contribution is -3.00. The van der Waals surface area contributed by atoms with Crippen LogP contribution in [0.5, 0.6) is 0 Å². The standard InChI is InChI=1S/C25H26N4O.2ClH/c1-2-29(14-15-30)25-22-16-21(19-6-4-3-5-7-19)24(28-23(22)12-13-27-25)20-10-8-18(17-26)9-11-20;;/h3-13,16,30H,2,14-15,17,26H2,1H3;2*1H. The first-order chi connectivity index (χ1) is 14.7. The predicted molar refractivity (Wildman–Crippen MR) is 121 cm³/mol. The number of pyridine rings is 2. The van der Waals surface area contributed by atoms with Crippen molar-refractivity contribution in [2.75, 3.05) is 24.6 Å². The van der Waals surface area contributed by atoms with Crippen molar-refractivity contribution >= 4 is 16.7 Å². The van der Waals surface area contributed by atoms with Crippen molar-refractivity contribution in [2.45, 2.75) is 13.5 Å². The minimum Gasteiger partial charge on any atom is -1.00 e. The van der Waals surface area contributed by atoms with Crippen molar-refractivity contribution in [3.63, 3.8) is 0 Å². The number of aromatic amines is 1. The molecular weight excluding hydrogens is 443 g/mol. The molecule has 0 fully saturated rings. The van der Waals surface area contributed by atoms with E-state index in [-0.39, 0.29) is 31.4 Å². The molecule has 0 aliphatic heterocycles. The number of H-pyrrole nitrogens is 1. The second-order valence-corrected chi connectivity index (χ2v) is 7.26. The van der Waals surface area contributed by atoms with Gasteiger partial charge in [-0.05, 0) is 18.6 Å². The molecule has 0 aliphatic carbocycles. The van der Waals surface area contributed by atoms with Crippen molar-refractivity contribution in [3.8, 4) is 22.4 Å². The van der Waals surface area contributed by atoms with E-state index >= 15 is 0 Å². The maximum atomic E-state index is 9.49. The highest BCUT2D eigenvalue weighted by atomic mass is 35.5. The third-order valence-corrected chi connectivity index (χ3v) is 5.44. The second kappa shape index (κ2) is 11.8. The number of hydrogen-bond donors (Lipinski definition) is 2. The zero-order valence-electron chi connectivity index (χ0n) is 18.1. The van der Waals surface area contributed by atoms with Gasteiger partial charge in [-0.15, -0.1) is 0 Å². The van der Waals surface area contributed by atoms with Crippen molar-refractivity contribution in [1.29, 1.82) is 0 Å². The van der Waals surface area contributed by atoms with Gasteiger partial charge >= 0.3 is 0 Å². The van der Waals surface area contributed by atoms with Crippen LogP contribution in [0.2, 0.25) is 0 Å². The second-order valence-electron chi connectivity index (χ2n) is 7.26. The first-order valence-corrected chi connectivity index (χ1v) is 10.4. The minimum absolute atomic E-state index is 0. The van der Waals surface area contributed by atoms with Gasteiger partial charge in [-0.3, -0.25) is 4.90 Å². The number of hydrogen-bond acceptors (Lipinski definition) is 3. The van der Waals surface area contributed by atoms with E-state index in [1.165, 1.54) is 5.56 Å². The highest BCUT2D eigenvalue weighted by molar-refractivity contribution is 5.96. The molecule has 0 atom stereocenters. The Hall–Kier alpha value is -2.70. The highest BCUT2D eigenvalue weighted by Crippen LogP contribution is 2.35. The van der Waals surface area contributed by atoms with Crippen LogP contribution < -0.4 is 40.4 Å². The number of anilines is 1. The van der Waals surface area contributed by atoms with Gasteiger partial charge in [-0.2, -0.15) is 0 Å². The summed E-state index contributed by atoms with van der Waals surface area (Å²) in [7, 11) is 0. The van der Waals surface area contributed by atoms with Gasteiger partial charge in [0, 0.05) is 22.8 Å². The zero-order chi connectivity index (χ0) is 20.9. The van der Waals surface area contributed by atoms with Gasteiger partial charge in [0.2, 0.25) is 0 Å². The predicted octanol–water partition coefficient (Wildman–Crippen LogP) is -3.05. The number of halogens is 2. The largest absolute Gasteiger partial charge is 1.00 e. The Morgan fingerprint density at radius 2 is 1.69 bits per heavy atom. The molecule has 2 aromatic heterocycles. The fraction of sp³-hybridized carbons (Fsp3) is 0.200. The van der Waals surface area contributed by atoms with Gasteiger partial charge in [0.05, 0.1) is 42.5 Å². The van der Waals surface area contributed by atoms with E-state index < -0.39 is 0 Å². The fourth-order valence-electron chi connectivity index (χ4n) is 3.82. The number of fused-ring (bicyclic) bond motifs is 1. The highest BCUT2D eigenvalue weighted by Gasteiger charge is 2.20. The molecule has 0 bridgehead atoms. The Balaban J connectivity index is 0.00000181. The Labute approximate surface area is 201 Å². The van der Waals surface area contributed by atoms with Crippen LogP contribution in [0, 0.1) is 0 Å². The molecule has 0 amide bonds. The maximum absolute atomic E-state index is 9.49. The molecule has 2 heterocycles. The average Bonchev–Trinajstić information content (AvgIpc) is 2.82. The van der Waals surface area contributed by atoms with E-state index in [0.29, 0.717) is 6.54 Å². The monoisotopic (exact) mass is 470 g/mol. The number of quaternary nitrogens is 1. The molecule has 168 valence electrons. The minimum atomic E-state index is 0. The molecule has 0 aliphatic rings. The molecule has 2 aromatic carbocycles. The molecule has 7 heteroatoms. The normalized spacial score (nSPS) is 10.3. The zero-order valence-corrected chi connectivity index (χ0v) is 19.6. The van der Waals surface area contributed by atoms with E-state index in [0.717, 1.165) is 52.2 Å². The first kappa shape index (κ1) is 25.6. The number of aromatic nitrogens is 2. The summed E-state index contributed by atoms with van der Waals surface area (Å²) in [6.07, 6.45) is 1.92. The fourth-order valence-corrected chi connectivity index (χ4v) is 3.82. The summed E-state index contributed by atoms with van der Waals surface area (Å²) in [4.78, 5) is 10.6. The SMILES string of the molecule is CCN(CCO)c1[nH+]ccc2nc(-c3ccc(C[NH3+])cc3)c(-c3ccccc3)cc12.[Cl-].[Cl-]. The lowest BCUT2D eigenvalue weighted by Gasteiger charge is -2.17. The third kappa shape index (κ3) is 5.19. The van der Waals surface area contributed by atoms with Crippen LogP contribution in [0.4, 0.5) is 5.82 Å². The summed E-state index contributed by atoms with van der Waals surface area (Å²) in [6.45, 7) is 4.33. The van der Waals surface area contributed by atoms with Crippen LogP contribution in [0.15, 0.2) is 72.9 Å². The Morgan fingerprint density at radius 1 is 0.969 bits per heavy atom. The number of benzene rings is 2. The quantitative estimate of drug-likeness (QED) is 0.301. The summed E-state index contributed by atoms with van der Waals surface area (Å²) in [5.41, 5.74) is 10.4. The smallest absolute Gasteiger partial charge is 0.284 e. The third-order valence-electron chi connectivity index (χ3n) is 5.44. The Bertz CT molecular complexity index is 1140. The molecule has 5 nitrogen and oxygen atoms in total. The molecule has 4 rings (SSSR count). The molecule has 4 aromatic rings. The van der Waals surface area contributed by atoms with Crippen LogP contribution in [-0.4, -0.2) is 29.8 Å². The van der Waals surface area contributed by atoms with Crippen LogP contribution >= 0.6 is 0 Å². The van der Waals surface area contributed by atoms with Gasteiger partial charge in [0.15, 0.2) is 0 Å². The molecule has 0 saturated carbocycles. The van der Waals surface area contributed by atoms with E-state index in [1.807, 2.05) is 18.3 Å². The van der Waals surface area contributed by atoms with Crippen LogP contribution in [-0.2, 0) is 6.54 Å². The molecule has 32 heavy (non-hydrogen) atoms. The summed E-state index contributed by atoms with van der Waals surface area (Å²) >= 11 is 0. The topological polar surface area (TPSA) is 78.1 Å². The number of nitrogens with one attached hydrogen (secondary N) is 1. The first-order valence-electron chi connectivity index (χ1n) is 10.4. The van der Waals surface area contributed by atoms with Crippen LogP contribution in [0.25, 0.3) is 33.3 Å². The van der Waals surface area contributed by atoms with Crippen molar-refractivity contribution in [1.82, 2.24) is 4.98 Å². The van der Waals surface area contributed by atoms with E-state index in [9.17, 15) is 5.11 Å². The summed E-state index contributed by atoms with van der Waals surface area (Å²) in [6, 6.07) is 23.1. The van der Waals surface area contributed by atoms with E-state index in [4.69, 9.17) is 4.98 Å². The number of aliphatic hydroxyl groups excluding tert-OH is 1. The molecule has 0 spiro atoms. The number of rotatable bonds is 7. The van der Waals surface area contributed by atoms with Gasteiger partial charge in [-0.25, -0.2) is 9.97 Å². The van der Waals surface area contributed by atoms with Gasteiger partial charge in [0.1, 0.15) is 6.54 Å². The lowest BCUT2D eigenvalue weighted by molar-refractivity contribution is -0.386. The van der Waals surface area contributed by atoms with Gasteiger partial charge in [-0.1, -0.05) is 54.6 Å². The van der Waals surface area contributed by atoms with E-state index in [1.54, 1.807) is 0 Å². The lowest BCUT2D eigenvalue weighted by atomic mass is 9.97. The maximum Gasteiger partial charge on any atom is 0.284 e. The average molecular weight is 471 g/mol. The summed E-state index contributed by atoms with van der Waals surface area (Å²) < 4.78 is 0. The number of nitrogens with zero attached hydrogens (tertiary/aromatic N) is 2. The number of aliphatic hydroxyl groups is 1. The van der Waals surface area contributed by atoms with E-state index in [2.05, 4.69) is 77.1 Å². The number of likely N-dealkylation sites (N-methyl/N-ethyl adjacent to an activating group) is 1. The van der Waals surface area contributed by atoms with Crippen LogP contribution in [0.3, 0.4) is 0 Å². The Morgan fingerprint density at radius 3 is 2.31 bits per heavy atom. The van der Waals surface area contributed by atoms with Crippen molar-refractivity contribution < 1.29 is 40.6 Å². The molecular formula is C25H28Cl2N4O. The molecule has 5 N–H and O–H groups in total. The molecule has 0 saturated heterocycles. The molecule has 0 unspecified atom stereocenters.